The molecule has 0 aliphatic carbocycles. The summed E-state index contributed by atoms with van der Waals surface area (Å²) in [6.07, 6.45) is 7.99. The van der Waals surface area contributed by atoms with Gasteiger partial charge in [-0.25, -0.2) is 0 Å². The second kappa shape index (κ2) is 16.9. The number of benzene rings is 2. The molecular formula is C31H40N4O. The van der Waals surface area contributed by atoms with Gasteiger partial charge in [0.05, 0.1) is 0 Å². The van der Waals surface area contributed by atoms with Crippen LogP contribution < -0.4 is 11.1 Å². The average Bonchev–Trinajstić information content (AvgIpc) is 2.89. The van der Waals surface area contributed by atoms with Gasteiger partial charge >= 0.3 is 0 Å². The molecule has 0 aliphatic heterocycles. The molecule has 0 radical (unpaired) electrons. The molecule has 0 atom stereocenters. The highest BCUT2D eigenvalue weighted by atomic mass is 16.1. The molecule has 2 aromatic heterocycles. The van der Waals surface area contributed by atoms with Crippen molar-refractivity contribution in [1.29, 1.82) is 0 Å². The number of hydrogen-bond acceptors (Lipinski definition) is 5. The molecule has 3 N–H and O–H groups in total. The van der Waals surface area contributed by atoms with Crippen molar-refractivity contribution < 1.29 is 4.79 Å². The van der Waals surface area contributed by atoms with Gasteiger partial charge in [-0.05, 0) is 70.3 Å². The average molecular weight is 485 g/mol. The monoisotopic (exact) mass is 484 g/mol. The third-order valence-corrected chi connectivity index (χ3v) is 4.69. The van der Waals surface area contributed by atoms with Crippen LogP contribution in [0.5, 0.6) is 0 Å². The number of rotatable bonds is 6. The number of carbonyl (C=O) groups is 1. The molecule has 0 unspecified atom stereocenters. The molecule has 0 bridgehead atoms. The number of hydrogen-bond donors (Lipinski definition) is 2. The van der Waals surface area contributed by atoms with Crippen molar-refractivity contribution in [3.8, 4) is 22.3 Å². The van der Waals surface area contributed by atoms with Crippen LogP contribution in [0, 0.1) is 0 Å². The SMILES string of the molecule is C.CC(C)N.CC(C)NCc1cccc(-c2ccncc2)c1.O=Cc1cccc(-c2ccncc2)c1. The predicted molar refractivity (Wildman–Crippen MR) is 153 cm³/mol. The van der Waals surface area contributed by atoms with Gasteiger partial charge in [-0.15, -0.1) is 0 Å². The molecule has 2 aromatic carbocycles. The maximum atomic E-state index is 10.6. The van der Waals surface area contributed by atoms with Crippen LogP contribution >= 0.6 is 0 Å². The molecule has 4 aromatic rings. The second-order valence-electron chi connectivity index (χ2n) is 8.70. The number of nitrogens with one attached hydrogen (secondary N) is 1. The highest BCUT2D eigenvalue weighted by Gasteiger charge is 2.00. The van der Waals surface area contributed by atoms with Crippen LogP contribution in [-0.2, 0) is 6.54 Å². The van der Waals surface area contributed by atoms with Crippen molar-refractivity contribution in [1.82, 2.24) is 15.3 Å². The summed E-state index contributed by atoms with van der Waals surface area (Å²) < 4.78 is 0. The van der Waals surface area contributed by atoms with Gasteiger partial charge in [0.1, 0.15) is 6.29 Å². The van der Waals surface area contributed by atoms with Crippen LogP contribution in [0.1, 0.15) is 51.0 Å². The van der Waals surface area contributed by atoms with Gasteiger partial charge in [-0.1, -0.05) is 71.5 Å². The first kappa shape index (κ1) is 30.4. The Hall–Kier alpha value is -3.67. The Bertz CT molecular complexity index is 1130. The Kier molecular flexibility index (Phi) is 14.2. The van der Waals surface area contributed by atoms with Crippen molar-refractivity contribution in [3.05, 3.63) is 109 Å². The Balaban J connectivity index is 0.000000310. The molecular weight excluding hydrogens is 444 g/mol. The number of carbonyl (C=O) groups excluding carboxylic acids is 1. The second-order valence-corrected chi connectivity index (χ2v) is 8.70. The van der Waals surface area contributed by atoms with Crippen molar-refractivity contribution in [2.24, 2.45) is 5.73 Å². The van der Waals surface area contributed by atoms with E-state index in [1.54, 1.807) is 18.5 Å². The summed E-state index contributed by atoms with van der Waals surface area (Å²) in [5.74, 6) is 0. The number of pyridine rings is 2. The standard InChI is InChI=1S/C15H18N2.C12H9NO.C3H9N.CH4/c1-12(2)17-11-13-4-3-5-15(10-13)14-6-8-16-9-7-14;14-9-10-2-1-3-12(8-10)11-4-6-13-7-5-11;1-3(2)4;/h3-10,12,17H,11H2,1-2H3;1-9H;3H,4H2,1-2H3;1H4. The number of aromatic nitrogens is 2. The molecule has 190 valence electrons. The van der Waals surface area contributed by atoms with Crippen molar-refractivity contribution in [2.45, 2.75) is 53.8 Å². The third-order valence-electron chi connectivity index (χ3n) is 4.69. The minimum Gasteiger partial charge on any atom is -0.328 e. The maximum absolute atomic E-state index is 10.6. The summed E-state index contributed by atoms with van der Waals surface area (Å²) in [7, 11) is 0. The Morgan fingerprint density at radius 1 is 0.750 bits per heavy atom. The molecule has 5 heteroatoms. The predicted octanol–water partition coefficient (Wildman–Crippen LogP) is 6.80. The van der Waals surface area contributed by atoms with E-state index in [9.17, 15) is 4.79 Å². The maximum Gasteiger partial charge on any atom is 0.150 e. The van der Waals surface area contributed by atoms with E-state index in [2.05, 4.69) is 53.4 Å². The fourth-order valence-corrected chi connectivity index (χ4v) is 3.06. The molecule has 4 rings (SSSR count). The highest BCUT2D eigenvalue weighted by molar-refractivity contribution is 5.78. The van der Waals surface area contributed by atoms with Gasteiger partial charge in [0, 0.05) is 42.9 Å². The minimum atomic E-state index is 0. The lowest BCUT2D eigenvalue weighted by molar-refractivity contribution is 0.112. The molecule has 0 aliphatic rings. The van der Waals surface area contributed by atoms with Gasteiger partial charge in [-0.3, -0.25) is 14.8 Å². The molecule has 2 heterocycles. The third kappa shape index (κ3) is 11.6. The zero-order valence-electron chi connectivity index (χ0n) is 21.1. The number of nitrogens with zero attached hydrogens (tertiary/aromatic N) is 2. The van der Waals surface area contributed by atoms with Crippen LogP contribution in [0.4, 0.5) is 0 Å². The fourth-order valence-electron chi connectivity index (χ4n) is 3.06. The highest BCUT2D eigenvalue weighted by Crippen LogP contribution is 2.20. The lowest BCUT2D eigenvalue weighted by Gasteiger charge is -2.09. The van der Waals surface area contributed by atoms with E-state index in [4.69, 9.17) is 5.73 Å². The van der Waals surface area contributed by atoms with E-state index in [1.165, 1.54) is 16.7 Å². The Morgan fingerprint density at radius 3 is 1.69 bits per heavy atom. The van der Waals surface area contributed by atoms with Crippen LogP contribution in [0.25, 0.3) is 22.3 Å². The summed E-state index contributed by atoms with van der Waals surface area (Å²) >= 11 is 0. The topological polar surface area (TPSA) is 80.9 Å². The largest absolute Gasteiger partial charge is 0.328 e. The summed E-state index contributed by atoms with van der Waals surface area (Å²) in [5.41, 5.74) is 11.7. The summed E-state index contributed by atoms with van der Waals surface area (Å²) in [6, 6.07) is 24.9. The first-order valence-corrected chi connectivity index (χ1v) is 11.8. The molecule has 0 saturated heterocycles. The van der Waals surface area contributed by atoms with Crippen LogP contribution in [0.2, 0.25) is 0 Å². The molecule has 36 heavy (non-hydrogen) atoms. The first-order valence-electron chi connectivity index (χ1n) is 11.8. The summed E-state index contributed by atoms with van der Waals surface area (Å²) in [4.78, 5) is 18.6. The van der Waals surface area contributed by atoms with Gasteiger partial charge < -0.3 is 11.1 Å². The minimum absolute atomic E-state index is 0. The van der Waals surface area contributed by atoms with Gasteiger partial charge in [-0.2, -0.15) is 0 Å². The molecule has 5 nitrogen and oxygen atoms in total. The van der Waals surface area contributed by atoms with Crippen LogP contribution in [-0.4, -0.2) is 28.3 Å². The lowest BCUT2D eigenvalue weighted by Crippen LogP contribution is -2.21. The van der Waals surface area contributed by atoms with Crippen LogP contribution in [0.15, 0.2) is 97.6 Å². The van der Waals surface area contributed by atoms with Gasteiger partial charge in [0.2, 0.25) is 0 Å². The van der Waals surface area contributed by atoms with Gasteiger partial charge in [0.25, 0.3) is 0 Å². The number of nitrogens with two attached hydrogens (primary N) is 1. The molecule has 0 fully saturated rings. The Morgan fingerprint density at radius 2 is 1.22 bits per heavy atom. The van der Waals surface area contributed by atoms with Crippen molar-refractivity contribution >= 4 is 6.29 Å². The van der Waals surface area contributed by atoms with E-state index >= 15 is 0 Å². The lowest BCUT2D eigenvalue weighted by atomic mass is 10.0. The summed E-state index contributed by atoms with van der Waals surface area (Å²) in [6.45, 7) is 9.12. The van der Waals surface area contributed by atoms with Gasteiger partial charge in [0.15, 0.2) is 0 Å². The number of aldehydes is 1. The van der Waals surface area contributed by atoms with E-state index in [-0.39, 0.29) is 7.43 Å². The smallest absolute Gasteiger partial charge is 0.150 e. The zero-order valence-corrected chi connectivity index (χ0v) is 21.1. The van der Waals surface area contributed by atoms with Crippen LogP contribution in [0.3, 0.4) is 0 Å². The van der Waals surface area contributed by atoms with E-state index in [0.29, 0.717) is 17.6 Å². The van der Waals surface area contributed by atoms with E-state index < -0.39 is 0 Å². The van der Waals surface area contributed by atoms with E-state index in [0.717, 1.165) is 24.0 Å². The molecule has 0 saturated carbocycles. The van der Waals surface area contributed by atoms with E-state index in [1.807, 2.05) is 68.7 Å². The molecule has 0 spiro atoms. The van der Waals surface area contributed by atoms with Crippen molar-refractivity contribution in [3.63, 3.8) is 0 Å². The quantitative estimate of drug-likeness (QED) is 0.294. The summed E-state index contributed by atoms with van der Waals surface area (Å²) in [5, 5.41) is 3.43. The zero-order chi connectivity index (χ0) is 25.5. The molecule has 0 amide bonds. The van der Waals surface area contributed by atoms with Crippen molar-refractivity contribution in [2.75, 3.05) is 0 Å². The fraction of sp³-hybridized carbons (Fsp3) is 0.258. The first-order chi connectivity index (χ1) is 16.9. The Labute approximate surface area is 216 Å². The normalized spacial score (nSPS) is 9.86.